The van der Waals surface area contributed by atoms with Gasteiger partial charge in [0.2, 0.25) is 5.91 Å². The van der Waals surface area contributed by atoms with Gasteiger partial charge in [-0.25, -0.2) is 4.79 Å². The van der Waals surface area contributed by atoms with Crippen LogP contribution in [0.5, 0.6) is 0 Å². The van der Waals surface area contributed by atoms with Crippen LogP contribution in [-0.2, 0) is 22.6 Å². The molecule has 1 aromatic heterocycles. The first-order valence-corrected chi connectivity index (χ1v) is 9.76. The van der Waals surface area contributed by atoms with Crippen LogP contribution >= 0.6 is 23.2 Å². The highest BCUT2D eigenvalue weighted by molar-refractivity contribution is 6.34. The number of ether oxygens (including phenoxy) is 1. The molecular formula is C18H21Cl2N5O3. The minimum Gasteiger partial charge on any atom is -0.445 e. The van der Waals surface area contributed by atoms with E-state index in [2.05, 4.69) is 20.7 Å². The SMILES string of the molecule is O=C(CCc1cn[nH]n1)NC1CCN(C(=O)OCc2cc(Cl)cc(Cl)c2)CC1. The van der Waals surface area contributed by atoms with E-state index >= 15 is 0 Å². The van der Waals surface area contributed by atoms with Crippen LogP contribution < -0.4 is 5.32 Å². The number of carbonyl (C=O) groups excluding carboxylic acids is 2. The summed E-state index contributed by atoms with van der Waals surface area (Å²) in [5, 5.41) is 14.2. The number of benzene rings is 1. The maximum atomic E-state index is 12.2. The van der Waals surface area contributed by atoms with Crippen molar-refractivity contribution in [2.45, 2.75) is 38.3 Å². The first-order valence-electron chi connectivity index (χ1n) is 9.00. The zero-order chi connectivity index (χ0) is 19.9. The summed E-state index contributed by atoms with van der Waals surface area (Å²) in [6.07, 6.45) is 3.50. The number of piperidine rings is 1. The number of carbonyl (C=O) groups is 2. The fraction of sp³-hybridized carbons (Fsp3) is 0.444. The van der Waals surface area contributed by atoms with E-state index in [0.717, 1.165) is 11.3 Å². The fourth-order valence-corrected chi connectivity index (χ4v) is 3.60. The number of rotatable bonds is 6. The van der Waals surface area contributed by atoms with Crippen LogP contribution in [0.4, 0.5) is 4.79 Å². The van der Waals surface area contributed by atoms with Crippen molar-refractivity contribution in [2.24, 2.45) is 0 Å². The third-order valence-electron chi connectivity index (χ3n) is 4.48. The lowest BCUT2D eigenvalue weighted by Gasteiger charge is -2.31. The van der Waals surface area contributed by atoms with Gasteiger partial charge in [-0.2, -0.15) is 15.4 Å². The van der Waals surface area contributed by atoms with Crippen LogP contribution in [-0.4, -0.2) is 51.4 Å². The van der Waals surface area contributed by atoms with Gasteiger partial charge >= 0.3 is 6.09 Å². The maximum absolute atomic E-state index is 12.2. The maximum Gasteiger partial charge on any atom is 0.410 e. The summed E-state index contributed by atoms with van der Waals surface area (Å²) in [7, 11) is 0. The Morgan fingerprint density at radius 3 is 2.57 bits per heavy atom. The third-order valence-corrected chi connectivity index (χ3v) is 4.91. The topological polar surface area (TPSA) is 100 Å². The summed E-state index contributed by atoms with van der Waals surface area (Å²) >= 11 is 11.9. The summed E-state index contributed by atoms with van der Waals surface area (Å²) in [5.41, 5.74) is 1.49. The van der Waals surface area contributed by atoms with Crippen molar-refractivity contribution in [3.8, 4) is 0 Å². The molecule has 0 unspecified atom stereocenters. The lowest BCUT2D eigenvalue weighted by molar-refractivity contribution is -0.122. The van der Waals surface area contributed by atoms with Gasteiger partial charge in [-0.1, -0.05) is 23.2 Å². The smallest absolute Gasteiger partial charge is 0.410 e. The van der Waals surface area contributed by atoms with E-state index < -0.39 is 0 Å². The van der Waals surface area contributed by atoms with Crippen molar-refractivity contribution >= 4 is 35.2 Å². The van der Waals surface area contributed by atoms with Gasteiger partial charge in [-0.05, 0) is 36.6 Å². The van der Waals surface area contributed by atoms with Gasteiger partial charge in [0.1, 0.15) is 6.61 Å². The van der Waals surface area contributed by atoms with Gasteiger partial charge in [-0.3, -0.25) is 4.79 Å². The average Bonchev–Trinajstić information content (AvgIpc) is 3.18. The van der Waals surface area contributed by atoms with E-state index in [1.165, 1.54) is 0 Å². The minimum atomic E-state index is -0.382. The Balaban J connectivity index is 1.37. The predicted octanol–water partition coefficient (Wildman–Crippen LogP) is 2.96. The van der Waals surface area contributed by atoms with Crippen LogP contribution in [0.1, 0.15) is 30.5 Å². The number of nitrogens with zero attached hydrogens (tertiary/aromatic N) is 3. The van der Waals surface area contributed by atoms with Crippen molar-refractivity contribution in [1.82, 2.24) is 25.6 Å². The van der Waals surface area contributed by atoms with Crippen LogP contribution in [0, 0.1) is 0 Å². The number of amides is 2. The number of nitrogens with one attached hydrogen (secondary N) is 2. The molecule has 0 bridgehead atoms. The molecule has 1 aliphatic heterocycles. The summed E-state index contributed by atoms with van der Waals surface area (Å²) in [6.45, 7) is 1.17. The molecule has 0 radical (unpaired) electrons. The van der Waals surface area contributed by atoms with E-state index in [9.17, 15) is 9.59 Å². The molecule has 1 saturated heterocycles. The van der Waals surface area contributed by atoms with Gasteiger partial charge in [0.15, 0.2) is 0 Å². The van der Waals surface area contributed by atoms with E-state index in [1.54, 1.807) is 29.3 Å². The van der Waals surface area contributed by atoms with Crippen molar-refractivity contribution in [1.29, 1.82) is 0 Å². The van der Waals surface area contributed by atoms with Crippen molar-refractivity contribution in [3.05, 3.63) is 45.7 Å². The zero-order valence-corrected chi connectivity index (χ0v) is 16.7. The molecule has 0 saturated carbocycles. The number of aryl methyl sites for hydroxylation is 1. The molecule has 150 valence electrons. The van der Waals surface area contributed by atoms with Gasteiger partial charge in [0.25, 0.3) is 0 Å². The summed E-state index contributed by atoms with van der Waals surface area (Å²) in [5.74, 6) is -0.0261. The highest BCUT2D eigenvalue weighted by atomic mass is 35.5. The number of likely N-dealkylation sites (tertiary alicyclic amines) is 1. The van der Waals surface area contributed by atoms with Crippen molar-refractivity contribution in [3.63, 3.8) is 0 Å². The standard InChI is InChI=1S/C18H21Cl2N5O3/c19-13-7-12(8-14(20)9-13)11-28-18(27)25-5-3-15(4-6-25)22-17(26)2-1-16-10-21-24-23-16/h7-10,15H,1-6,11H2,(H,22,26)(H,21,23,24). The van der Waals surface area contributed by atoms with E-state index in [4.69, 9.17) is 27.9 Å². The molecule has 1 aromatic carbocycles. The van der Waals surface area contributed by atoms with Crippen LogP contribution in [0.15, 0.2) is 24.4 Å². The lowest BCUT2D eigenvalue weighted by atomic mass is 10.1. The first-order chi connectivity index (χ1) is 13.5. The highest BCUT2D eigenvalue weighted by Crippen LogP contribution is 2.20. The minimum absolute atomic E-state index is 0.0261. The molecular weight excluding hydrogens is 405 g/mol. The van der Waals surface area contributed by atoms with Crippen LogP contribution in [0.25, 0.3) is 0 Å². The molecule has 10 heteroatoms. The van der Waals surface area contributed by atoms with Gasteiger partial charge in [-0.15, -0.1) is 0 Å². The quantitative estimate of drug-likeness (QED) is 0.740. The number of hydrogen-bond donors (Lipinski definition) is 2. The lowest BCUT2D eigenvalue weighted by Crippen LogP contribution is -2.46. The Labute approximate surface area is 172 Å². The number of aromatic nitrogens is 3. The van der Waals surface area contributed by atoms with Crippen LogP contribution in [0.3, 0.4) is 0 Å². The Morgan fingerprint density at radius 1 is 1.21 bits per heavy atom. The fourth-order valence-electron chi connectivity index (χ4n) is 3.02. The Bertz CT molecular complexity index is 787. The average molecular weight is 426 g/mol. The van der Waals surface area contributed by atoms with E-state index in [1.807, 2.05) is 0 Å². The van der Waals surface area contributed by atoms with Gasteiger partial charge in [0, 0.05) is 42.0 Å². The monoisotopic (exact) mass is 425 g/mol. The number of aromatic amines is 1. The number of H-pyrrole nitrogens is 1. The Morgan fingerprint density at radius 2 is 1.93 bits per heavy atom. The molecule has 2 N–H and O–H groups in total. The molecule has 0 aliphatic carbocycles. The molecule has 2 heterocycles. The molecule has 8 nitrogen and oxygen atoms in total. The van der Waals surface area contributed by atoms with E-state index in [-0.39, 0.29) is 24.6 Å². The molecule has 2 amide bonds. The second kappa shape index (κ2) is 9.75. The zero-order valence-electron chi connectivity index (χ0n) is 15.2. The molecule has 1 aliphatic rings. The summed E-state index contributed by atoms with van der Waals surface area (Å²) in [6, 6.07) is 5.10. The highest BCUT2D eigenvalue weighted by Gasteiger charge is 2.24. The second-order valence-corrected chi connectivity index (χ2v) is 7.50. The Hall–Kier alpha value is -2.32. The molecule has 28 heavy (non-hydrogen) atoms. The molecule has 2 aromatic rings. The molecule has 3 rings (SSSR count). The van der Waals surface area contributed by atoms with E-state index in [0.29, 0.717) is 48.8 Å². The predicted molar refractivity (Wildman–Crippen MR) is 104 cm³/mol. The first kappa shape index (κ1) is 20.4. The largest absolute Gasteiger partial charge is 0.445 e. The van der Waals surface area contributed by atoms with Crippen molar-refractivity contribution in [2.75, 3.05) is 13.1 Å². The third kappa shape index (κ3) is 6.10. The Kier molecular flexibility index (Phi) is 7.11. The molecule has 0 atom stereocenters. The van der Waals surface area contributed by atoms with Gasteiger partial charge in [0.05, 0.1) is 11.9 Å². The van der Waals surface area contributed by atoms with Gasteiger partial charge < -0.3 is 15.0 Å². The normalized spacial score (nSPS) is 14.7. The number of halogens is 2. The number of hydrogen-bond acceptors (Lipinski definition) is 5. The molecule has 1 fully saturated rings. The summed E-state index contributed by atoms with van der Waals surface area (Å²) < 4.78 is 5.34. The summed E-state index contributed by atoms with van der Waals surface area (Å²) in [4.78, 5) is 25.9. The molecule has 0 spiro atoms. The van der Waals surface area contributed by atoms with Crippen molar-refractivity contribution < 1.29 is 14.3 Å². The van der Waals surface area contributed by atoms with Crippen LogP contribution in [0.2, 0.25) is 10.0 Å². The second-order valence-electron chi connectivity index (χ2n) is 6.62.